The van der Waals surface area contributed by atoms with Crippen LogP contribution in [-0.2, 0) is 17.8 Å². The summed E-state index contributed by atoms with van der Waals surface area (Å²) in [6, 6.07) is 12.6. The van der Waals surface area contributed by atoms with Gasteiger partial charge in [0.05, 0.1) is 0 Å². The summed E-state index contributed by atoms with van der Waals surface area (Å²) in [6.07, 6.45) is -0.0546. The molecule has 2 aromatic carbocycles. The Kier molecular flexibility index (Phi) is 4.95. The van der Waals surface area contributed by atoms with Crippen molar-refractivity contribution in [2.45, 2.75) is 19.1 Å². The van der Waals surface area contributed by atoms with Gasteiger partial charge in [0.15, 0.2) is 6.10 Å². The zero-order valence-corrected chi connectivity index (χ0v) is 14.8. The van der Waals surface area contributed by atoms with E-state index in [1.54, 1.807) is 38.4 Å². The van der Waals surface area contributed by atoms with Gasteiger partial charge in [0.2, 0.25) is 0 Å². The van der Waals surface area contributed by atoms with Crippen molar-refractivity contribution in [1.29, 1.82) is 0 Å². The first-order chi connectivity index (χ1) is 11.9. The lowest BCUT2D eigenvalue weighted by molar-refractivity contribution is -0.127. The van der Waals surface area contributed by atoms with Crippen molar-refractivity contribution < 1.29 is 14.3 Å². The third kappa shape index (κ3) is 3.94. The second kappa shape index (κ2) is 7.15. The normalized spacial score (nSPS) is 15.2. The highest BCUT2D eigenvalue weighted by atomic mass is 35.5. The SMILES string of the molecule is CN(C)C(=O)c1cccc(CNC(=O)C2Cc3cc(Cl)ccc3O2)c1. The molecule has 1 heterocycles. The van der Waals surface area contributed by atoms with Crippen molar-refractivity contribution in [3.63, 3.8) is 0 Å². The molecule has 1 aliphatic rings. The second-order valence-electron chi connectivity index (χ2n) is 6.18. The number of hydrogen-bond donors (Lipinski definition) is 1. The summed E-state index contributed by atoms with van der Waals surface area (Å²) in [4.78, 5) is 25.9. The van der Waals surface area contributed by atoms with Crippen LogP contribution in [0.2, 0.25) is 5.02 Å². The number of nitrogens with one attached hydrogen (secondary N) is 1. The topological polar surface area (TPSA) is 58.6 Å². The molecular formula is C19H19ClN2O3. The number of halogens is 1. The average molecular weight is 359 g/mol. The highest BCUT2D eigenvalue weighted by molar-refractivity contribution is 6.30. The Morgan fingerprint density at radius 2 is 2.04 bits per heavy atom. The van der Waals surface area contributed by atoms with Crippen LogP contribution in [0.1, 0.15) is 21.5 Å². The maximum absolute atomic E-state index is 12.4. The number of fused-ring (bicyclic) bond motifs is 1. The summed E-state index contributed by atoms with van der Waals surface area (Å²) < 4.78 is 5.67. The average Bonchev–Trinajstić information content (AvgIpc) is 3.02. The third-order valence-electron chi connectivity index (χ3n) is 4.04. The lowest BCUT2D eigenvalue weighted by atomic mass is 10.1. The summed E-state index contributed by atoms with van der Waals surface area (Å²) in [5, 5.41) is 3.49. The van der Waals surface area contributed by atoms with Crippen molar-refractivity contribution in [3.05, 3.63) is 64.2 Å². The van der Waals surface area contributed by atoms with E-state index in [-0.39, 0.29) is 11.8 Å². The van der Waals surface area contributed by atoms with E-state index in [1.165, 1.54) is 4.90 Å². The van der Waals surface area contributed by atoms with Gasteiger partial charge in [0.25, 0.3) is 11.8 Å². The van der Waals surface area contributed by atoms with Gasteiger partial charge in [0, 0.05) is 37.6 Å². The number of nitrogens with zero attached hydrogens (tertiary/aromatic N) is 1. The molecule has 6 heteroatoms. The first kappa shape index (κ1) is 17.3. The van der Waals surface area contributed by atoms with Gasteiger partial charge in [-0.15, -0.1) is 0 Å². The first-order valence-corrected chi connectivity index (χ1v) is 8.35. The van der Waals surface area contributed by atoms with E-state index in [1.807, 2.05) is 18.2 Å². The van der Waals surface area contributed by atoms with Crippen LogP contribution in [0.15, 0.2) is 42.5 Å². The Bertz CT molecular complexity index is 820. The van der Waals surface area contributed by atoms with Gasteiger partial charge in [-0.1, -0.05) is 23.7 Å². The van der Waals surface area contributed by atoms with Gasteiger partial charge in [-0.05, 0) is 41.5 Å². The Morgan fingerprint density at radius 1 is 1.24 bits per heavy atom. The lowest BCUT2D eigenvalue weighted by Gasteiger charge is -2.13. The molecule has 0 fully saturated rings. The van der Waals surface area contributed by atoms with Crippen molar-refractivity contribution in [2.75, 3.05) is 14.1 Å². The Morgan fingerprint density at radius 3 is 2.80 bits per heavy atom. The van der Waals surface area contributed by atoms with Crippen molar-refractivity contribution >= 4 is 23.4 Å². The molecule has 130 valence electrons. The maximum Gasteiger partial charge on any atom is 0.261 e. The van der Waals surface area contributed by atoms with E-state index in [4.69, 9.17) is 16.3 Å². The maximum atomic E-state index is 12.4. The highest BCUT2D eigenvalue weighted by Crippen LogP contribution is 2.31. The van der Waals surface area contributed by atoms with E-state index in [9.17, 15) is 9.59 Å². The molecule has 1 unspecified atom stereocenters. The number of carbonyl (C=O) groups excluding carboxylic acids is 2. The van der Waals surface area contributed by atoms with Crippen LogP contribution in [0.5, 0.6) is 5.75 Å². The third-order valence-corrected chi connectivity index (χ3v) is 4.27. The molecule has 1 atom stereocenters. The van der Waals surface area contributed by atoms with Gasteiger partial charge in [-0.25, -0.2) is 0 Å². The quantitative estimate of drug-likeness (QED) is 0.914. The van der Waals surface area contributed by atoms with E-state index in [0.29, 0.717) is 29.3 Å². The fourth-order valence-electron chi connectivity index (χ4n) is 2.74. The number of amides is 2. The van der Waals surface area contributed by atoms with Crippen LogP contribution in [0, 0.1) is 0 Å². The second-order valence-corrected chi connectivity index (χ2v) is 6.62. The molecule has 25 heavy (non-hydrogen) atoms. The molecule has 0 aliphatic carbocycles. The lowest BCUT2D eigenvalue weighted by Crippen LogP contribution is -2.37. The molecule has 1 N–H and O–H groups in total. The van der Waals surface area contributed by atoms with E-state index in [2.05, 4.69) is 5.32 Å². The first-order valence-electron chi connectivity index (χ1n) is 7.97. The summed E-state index contributed by atoms with van der Waals surface area (Å²) in [5.74, 6) is 0.444. The van der Waals surface area contributed by atoms with Crippen LogP contribution in [-0.4, -0.2) is 36.9 Å². The fraction of sp³-hybridized carbons (Fsp3) is 0.263. The van der Waals surface area contributed by atoms with Crippen LogP contribution in [0.25, 0.3) is 0 Å². The van der Waals surface area contributed by atoms with Gasteiger partial charge in [0.1, 0.15) is 5.75 Å². The summed E-state index contributed by atoms with van der Waals surface area (Å²) in [5.41, 5.74) is 2.39. The monoisotopic (exact) mass is 358 g/mol. The van der Waals surface area contributed by atoms with Gasteiger partial charge < -0.3 is 15.0 Å². The molecule has 3 rings (SSSR count). The van der Waals surface area contributed by atoms with Gasteiger partial charge >= 0.3 is 0 Å². The Labute approximate surface area is 151 Å². The zero-order valence-electron chi connectivity index (χ0n) is 14.1. The minimum atomic E-state index is -0.556. The molecule has 0 bridgehead atoms. The molecule has 2 aromatic rings. The largest absolute Gasteiger partial charge is 0.480 e. The minimum Gasteiger partial charge on any atom is -0.480 e. The van der Waals surface area contributed by atoms with Crippen molar-refractivity contribution in [3.8, 4) is 5.75 Å². The fourth-order valence-corrected chi connectivity index (χ4v) is 2.93. The van der Waals surface area contributed by atoms with Crippen LogP contribution < -0.4 is 10.1 Å². The molecule has 2 amide bonds. The molecule has 0 radical (unpaired) electrons. The standard InChI is InChI=1S/C19H19ClN2O3/c1-22(2)19(24)13-5-3-4-12(8-13)11-21-18(23)17-10-14-9-15(20)6-7-16(14)25-17/h3-9,17H,10-11H2,1-2H3,(H,21,23). The molecular weight excluding hydrogens is 340 g/mol. The zero-order chi connectivity index (χ0) is 18.0. The van der Waals surface area contributed by atoms with Crippen molar-refractivity contribution in [2.24, 2.45) is 0 Å². The molecule has 1 aliphatic heterocycles. The summed E-state index contributed by atoms with van der Waals surface area (Å²) in [6.45, 7) is 0.338. The highest BCUT2D eigenvalue weighted by Gasteiger charge is 2.29. The molecule has 0 saturated heterocycles. The van der Waals surface area contributed by atoms with Crippen molar-refractivity contribution in [1.82, 2.24) is 10.2 Å². The number of hydrogen-bond acceptors (Lipinski definition) is 3. The summed E-state index contributed by atoms with van der Waals surface area (Å²) >= 11 is 5.97. The number of carbonyl (C=O) groups is 2. The van der Waals surface area contributed by atoms with Crippen LogP contribution in [0.3, 0.4) is 0 Å². The Balaban J connectivity index is 1.60. The number of benzene rings is 2. The number of ether oxygens (including phenoxy) is 1. The smallest absolute Gasteiger partial charge is 0.261 e. The van der Waals surface area contributed by atoms with E-state index in [0.717, 1.165) is 11.1 Å². The van der Waals surface area contributed by atoms with E-state index < -0.39 is 6.10 Å². The molecule has 5 nitrogen and oxygen atoms in total. The minimum absolute atomic E-state index is 0.0698. The Hall–Kier alpha value is -2.53. The predicted molar refractivity (Wildman–Crippen MR) is 95.9 cm³/mol. The van der Waals surface area contributed by atoms with Crippen LogP contribution in [0.4, 0.5) is 0 Å². The number of rotatable bonds is 4. The molecule has 0 aromatic heterocycles. The molecule has 0 saturated carbocycles. The van der Waals surface area contributed by atoms with E-state index >= 15 is 0 Å². The summed E-state index contributed by atoms with van der Waals surface area (Å²) in [7, 11) is 3.41. The van der Waals surface area contributed by atoms with Gasteiger partial charge in [-0.2, -0.15) is 0 Å². The molecule has 0 spiro atoms. The van der Waals surface area contributed by atoms with Crippen LogP contribution >= 0.6 is 11.6 Å². The van der Waals surface area contributed by atoms with Gasteiger partial charge in [-0.3, -0.25) is 9.59 Å². The predicted octanol–water partition coefficient (Wildman–Crippen LogP) is 2.66.